The Bertz CT molecular complexity index is 366. The molecule has 0 aliphatic carbocycles. The van der Waals surface area contributed by atoms with Crippen LogP contribution in [-0.2, 0) is 22.6 Å². The maximum absolute atomic E-state index is 5.87. The Balaban J connectivity index is 2.44. The zero-order valence-corrected chi connectivity index (χ0v) is 13.9. The normalized spacial score (nSPS) is 11.7. The molecule has 0 aliphatic heterocycles. The van der Waals surface area contributed by atoms with Crippen molar-refractivity contribution in [2.75, 3.05) is 40.5 Å². The maximum Gasteiger partial charge on any atom is 0.118 e. The minimum Gasteiger partial charge on any atom is -0.463 e. The first kappa shape index (κ1) is 18.2. The maximum atomic E-state index is 5.87. The van der Waals surface area contributed by atoms with Gasteiger partial charge in [0.1, 0.15) is 11.5 Å². The third-order valence-corrected chi connectivity index (χ3v) is 3.22. The fourth-order valence-corrected chi connectivity index (χ4v) is 2.05. The highest BCUT2D eigenvalue weighted by atomic mass is 16.5. The fraction of sp³-hybridized carbons (Fsp3) is 0.750. The highest BCUT2D eigenvalue weighted by molar-refractivity contribution is 5.07. The highest BCUT2D eigenvalue weighted by Gasteiger charge is 2.09. The first-order valence-corrected chi connectivity index (χ1v) is 7.67. The van der Waals surface area contributed by atoms with E-state index in [-0.39, 0.29) is 0 Å². The van der Waals surface area contributed by atoms with Crippen molar-refractivity contribution in [3.63, 3.8) is 0 Å². The van der Waals surface area contributed by atoms with E-state index in [2.05, 4.69) is 30.1 Å². The lowest BCUT2D eigenvalue weighted by molar-refractivity contribution is 0.124. The molecule has 0 atom stereocenters. The summed E-state index contributed by atoms with van der Waals surface area (Å²) in [7, 11) is 3.47. The molecule has 1 aromatic rings. The van der Waals surface area contributed by atoms with Gasteiger partial charge in [-0.2, -0.15) is 0 Å². The molecule has 0 saturated heterocycles. The van der Waals surface area contributed by atoms with Gasteiger partial charge in [0.05, 0.1) is 19.7 Å². The molecular weight excluding hydrogens is 268 g/mol. The number of nitrogens with zero attached hydrogens (tertiary/aromatic N) is 1. The number of hydrogen-bond donors (Lipinski definition) is 1. The second-order valence-corrected chi connectivity index (χ2v) is 5.52. The summed E-state index contributed by atoms with van der Waals surface area (Å²) in [6.45, 7) is 9.26. The summed E-state index contributed by atoms with van der Waals surface area (Å²) < 4.78 is 16.2. The predicted octanol–water partition coefficient (Wildman–Crippen LogP) is 2.26. The molecule has 0 fully saturated rings. The van der Waals surface area contributed by atoms with Crippen LogP contribution < -0.4 is 5.32 Å². The van der Waals surface area contributed by atoms with E-state index in [9.17, 15) is 0 Å². The van der Waals surface area contributed by atoms with Gasteiger partial charge in [-0.05, 0) is 18.6 Å². The van der Waals surface area contributed by atoms with Gasteiger partial charge in [-0.15, -0.1) is 0 Å². The van der Waals surface area contributed by atoms with Gasteiger partial charge in [0, 0.05) is 40.0 Å². The molecule has 0 aliphatic rings. The van der Waals surface area contributed by atoms with Gasteiger partial charge in [-0.25, -0.2) is 0 Å². The Kier molecular flexibility index (Phi) is 9.34. The number of nitrogens with one attached hydrogen (secondary N) is 1. The van der Waals surface area contributed by atoms with Gasteiger partial charge in [-0.1, -0.05) is 13.8 Å². The van der Waals surface area contributed by atoms with Crippen molar-refractivity contribution in [1.29, 1.82) is 0 Å². The van der Waals surface area contributed by atoms with Gasteiger partial charge in [0.25, 0.3) is 0 Å². The van der Waals surface area contributed by atoms with E-state index in [1.807, 2.05) is 6.07 Å². The lowest BCUT2D eigenvalue weighted by Crippen LogP contribution is -2.28. The van der Waals surface area contributed by atoms with Crippen LogP contribution in [0.2, 0.25) is 0 Å². The summed E-state index contributed by atoms with van der Waals surface area (Å²) in [4.78, 5) is 2.33. The summed E-state index contributed by atoms with van der Waals surface area (Å²) >= 11 is 0. The van der Waals surface area contributed by atoms with E-state index in [0.717, 1.165) is 57.3 Å². The minimum absolute atomic E-state index is 0.464. The molecule has 1 aromatic heterocycles. The van der Waals surface area contributed by atoms with Crippen LogP contribution in [0, 0.1) is 0 Å². The summed E-state index contributed by atoms with van der Waals surface area (Å²) in [5.74, 6) is 1.99. The molecule has 0 bridgehead atoms. The van der Waals surface area contributed by atoms with E-state index in [1.165, 1.54) is 0 Å². The average Bonchev–Trinajstić information content (AvgIpc) is 2.90. The van der Waals surface area contributed by atoms with Crippen LogP contribution in [0.4, 0.5) is 0 Å². The van der Waals surface area contributed by atoms with E-state index in [0.29, 0.717) is 6.04 Å². The first-order valence-electron chi connectivity index (χ1n) is 7.67. The highest BCUT2D eigenvalue weighted by Crippen LogP contribution is 2.11. The molecule has 1 rings (SSSR count). The SMILES string of the molecule is COCCCN(CCOC)Cc1ccc(CNC(C)C)o1. The van der Waals surface area contributed by atoms with Crippen LogP contribution in [0.25, 0.3) is 0 Å². The van der Waals surface area contributed by atoms with E-state index >= 15 is 0 Å². The van der Waals surface area contributed by atoms with Gasteiger partial charge < -0.3 is 19.2 Å². The van der Waals surface area contributed by atoms with Crippen LogP contribution in [0.5, 0.6) is 0 Å². The zero-order chi connectivity index (χ0) is 15.5. The van der Waals surface area contributed by atoms with Crippen molar-refractivity contribution in [3.8, 4) is 0 Å². The second-order valence-electron chi connectivity index (χ2n) is 5.52. The van der Waals surface area contributed by atoms with Crippen LogP contribution >= 0.6 is 0 Å². The minimum atomic E-state index is 0.464. The van der Waals surface area contributed by atoms with Gasteiger partial charge in [0.15, 0.2) is 0 Å². The number of methoxy groups -OCH3 is 2. The lowest BCUT2D eigenvalue weighted by Gasteiger charge is -2.20. The van der Waals surface area contributed by atoms with Crippen LogP contribution in [0.15, 0.2) is 16.5 Å². The average molecular weight is 298 g/mol. The first-order chi connectivity index (χ1) is 10.2. The van der Waals surface area contributed by atoms with Crippen molar-refractivity contribution >= 4 is 0 Å². The van der Waals surface area contributed by atoms with E-state index < -0.39 is 0 Å². The summed E-state index contributed by atoms with van der Waals surface area (Å²) in [6.07, 6.45) is 1.02. The van der Waals surface area contributed by atoms with Crippen LogP contribution in [0.1, 0.15) is 31.8 Å². The molecule has 5 heteroatoms. The molecule has 21 heavy (non-hydrogen) atoms. The van der Waals surface area contributed by atoms with Gasteiger partial charge in [-0.3, -0.25) is 4.90 Å². The predicted molar refractivity (Wildman–Crippen MR) is 84.3 cm³/mol. The van der Waals surface area contributed by atoms with Crippen LogP contribution in [-0.4, -0.2) is 51.5 Å². The Morgan fingerprint density at radius 2 is 1.81 bits per heavy atom. The Morgan fingerprint density at radius 3 is 2.48 bits per heavy atom. The fourth-order valence-electron chi connectivity index (χ4n) is 2.05. The summed E-state index contributed by atoms with van der Waals surface area (Å²) in [5, 5.41) is 3.36. The van der Waals surface area contributed by atoms with E-state index in [1.54, 1.807) is 14.2 Å². The second kappa shape index (κ2) is 10.8. The van der Waals surface area contributed by atoms with Crippen molar-refractivity contribution in [2.45, 2.75) is 39.4 Å². The molecule has 0 saturated carbocycles. The quantitative estimate of drug-likeness (QED) is 0.600. The summed E-state index contributed by atoms with van der Waals surface area (Å²) in [6, 6.07) is 4.58. The Labute approximate surface area is 128 Å². The third kappa shape index (κ3) is 8.21. The molecular formula is C16H30N2O3. The van der Waals surface area contributed by atoms with Crippen molar-refractivity contribution < 1.29 is 13.9 Å². The zero-order valence-electron chi connectivity index (χ0n) is 13.9. The third-order valence-electron chi connectivity index (χ3n) is 3.22. The molecule has 0 unspecified atom stereocenters. The van der Waals surface area contributed by atoms with E-state index in [4.69, 9.17) is 13.9 Å². The van der Waals surface area contributed by atoms with Crippen molar-refractivity contribution in [3.05, 3.63) is 23.7 Å². The Morgan fingerprint density at radius 1 is 1.10 bits per heavy atom. The van der Waals surface area contributed by atoms with Crippen molar-refractivity contribution in [2.24, 2.45) is 0 Å². The largest absolute Gasteiger partial charge is 0.463 e. The number of rotatable bonds is 12. The monoisotopic (exact) mass is 298 g/mol. The number of ether oxygens (including phenoxy) is 2. The van der Waals surface area contributed by atoms with Crippen LogP contribution in [0.3, 0.4) is 0 Å². The topological polar surface area (TPSA) is 46.9 Å². The standard InChI is InChI=1S/C16H30N2O3/c1-14(2)17-12-15-6-7-16(21-15)13-18(9-11-20-4)8-5-10-19-3/h6-7,14,17H,5,8-13H2,1-4H3. The molecule has 5 nitrogen and oxygen atoms in total. The number of hydrogen-bond acceptors (Lipinski definition) is 5. The van der Waals surface area contributed by atoms with Crippen molar-refractivity contribution in [1.82, 2.24) is 10.2 Å². The number of furan rings is 1. The smallest absolute Gasteiger partial charge is 0.118 e. The molecule has 0 spiro atoms. The molecule has 1 heterocycles. The molecule has 0 amide bonds. The molecule has 0 aromatic carbocycles. The molecule has 1 N–H and O–H groups in total. The van der Waals surface area contributed by atoms with Gasteiger partial charge in [0.2, 0.25) is 0 Å². The molecule has 122 valence electrons. The Hall–Kier alpha value is -0.880. The van der Waals surface area contributed by atoms with Gasteiger partial charge >= 0.3 is 0 Å². The summed E-state index contributed by atoms with van der Waals surface area (Å²) in [5.41, 5.74) is 0. The lowest BCUT2D eigenvalue weighted by atomic mass is 10.3. The molecule has 0 radical (unpaired) electrons.